The highest BCUT2D eigenvalue weighted by molar-refractivity contribution is 5.30. The monoisotopic (exact) mass is 347 g/mol. The molecule has 1 N–H and O–H groups in total. The normalized spacial score (nSPS) is 12.0. The van der Waals surface area contributed by atoms with E-state index >= 15 is 0 Å². The first-order chi connectivity index (χ1) is 12.6. The van der Waals surface area contributed by atoms with Crippen molar-refractivity contribution in [2.24, 2.45) is 0 Å². The third-order valence-corrected chi connectivity index (χ3v) is 4.17. The van der Waals surface area contributed by atoms with Gasteiger partial charge >= 0.3 is 0 Å². The second-order valence-corrected chi connectivity index (χ2v) is 6.56. The van der Waals surface area contributed by atoms with Gasteiger partial charge in [0.25, 0.3) is 0 Å². The molecule has 0 bridgehead atoms. The van der Waals surface area contributed by atoms with Crippen LogP contribution in [0.2, 0.25) is 0 Å². The molecular weight excluding hydrogens is 322 g/mol. The number of nitrogens with zero attached hydrogens (tertiary/aromatic N) is 4. The highest BCUT2D eigenvalue weighted by atomic mass is 15.2. The molecule has 5 nitrogen and oxygen atoms in total. The summed E-state index contributed by atoms with van der Waals surface area (Å²) in [4.78, 5) is 15.5. The van der Waals surface area contributed by atoms with E-state index < -0.39 is 0 Å². The van der Waals surface area contributed by atoms with Gasteiger partial charge in [0.1, 0.15) is 0 Å². The predicted molar refractivity (Wildman–Crippen MR) is 105 cm³/mol. The van der Waals surface area contributed by atoms with Crippen molar-refractivity contribution in [3.8, 4) is 0 Å². The fraction of sp³-hybridized carbons (Fsp3) is 0.286. The van der Waals surface area contributed by atoms with Gasteiger partial charge in [-0.3, -0.25) is 4.98 Å². The van der Waals surface area contributed by atoms with Crippen LogP contribution in [0.15, 0.2) is 60.8 Å². The fourth-order valence-electron chi connectivity index (χ4n) is 2.86. The van der Waals surface area contributed by atoms with E-state index in [1.807, 2.05) is 56.4 Å². The van der Waals surface area contributed by atoms with Crippen molar-refractivity contribution in [3.05, 3.63) is 83.4 Å². The molecule has 2 heterocycles. The maximum absolute atomic E-state index is 4.64. The van der Waals surface area contributed by atoms with Crippen molar-refractivity contribution >= 4 is 5.95 Å². The summed E-state index contributed by atoms with van der Waals surface area (Å²) >= 11 is 0. The number of hydrogen-bond donors (Lipinski definition) is 1. The molecule has 0 aliphatic rings. The average Bonchev–Trinajstić information content (AvgIpc) is 2.66. The van der Waals surface area contributed by atoms with Crippen LogP contribution >= 0.6 is 0 Å². The van der Waals surface area contributed by atoms with E-state index in [9.17, 15) is 0 Å². The van der Waals surface area contributed by atoms with Crippen LogP contribution in [0, 0.1) is 6.92 Å². The summed E-state index contributed by atoms with van der Waals surface area (Å²) in [6, 6.07) is 18.7. The first-order valence-electron chi connectivity index (χ1n) is 8.82. The zero-order chi connectivity index (χ0) is 18.4. The summed E-state index contributed by atoms with van der Waals surface area (Å²) < 4.78 is 0. The number of hydrogen-bond acceptors (Lipinski definition) is 5. The number of rotatable bonds is 7. The van der Waals surface area contributed by atoms with E-state index in [0.29, 0.717) is 6.54 Å². The summed E-state index contributed by atoms with van der Waals surface area (Å²) in [6.07, 6.45) is 2.67. The molecule has 1 aromatic carbocycles. The summed E-state index contributed by atoms with van der Waals surface area (Å²) in [5.41, 5.74) is 4.28. The predicted octanol–water partition coefficient (Wildman–Crippen LogP) is 3.32. The first-order valence-corrected chi connectivity index (χ1v) is 8.82. The molecule has 1 atom stereocenters. The van der Waals surface area contributed by atoms with Gasteiger partial charge in [0.2, 0.25) is 5.95 Å². The number of benzene rings is 1. The van der Waals surface area contributed by atoms with E-state index in [4.69, 9.17) is 0 Å². The van der Waals surface area contributed by atoms with Gasteiger partial charge in [0.05, 0.1) is 5.69 Å². The number of nitrogens with one attached hydrogen (secondary N) is 1. The summed E-state index contributed by atoms with van der Waals surface area (Å²) in [7, 11) is 3.92. The average molecular weight is 347 g/mol. The lowest BCUT2D eigenvalue weighted by Gasteiger charge is -2.20. The van der Waals surface area contributed by atoms with Gasteiger partial charge in [0.15, 0.2) is 0 Å². The lowest BCUT2D eigenvalue weighted by molar-refractivity contribution is 0.519. The van der Waals surface area contributed by atoms with Crippen molar-refractivity contribution in [3.63, 3.8) is 0 Å². The van der Waals surface area contributed by atoms with Crippen LogP contribution in [0.4, 0.5) is 5.95 Å². The lowest BCUT2D eigenvalue weighted by atomic mass is 10.0. The first kappa shape index (κ1) is 18.0. The van der Waals surface area contributed by atoms with Gasteiger partial charge in [-0.25, -0.2) is 9.97 Å². The highest BCUT2D eigenvalue weighted by Gasteiger charge is 2.13. The minimum absolute atomic E-state index is 0.171. The maximum Gasteiger partial charge on any atom is 0.225 e. The zero-order valence-corrected chi connectivity index (χ0v) is 15.6. The van der Waals surface area contributed by atoms with Gasteiger partial charge in [-0.15, -0.1) is 0 Å². The van der Waals surface area contributed by atoms with Crippen molar-refractivity contribution in [2.75, 3.05) is 19.0 Å². The highest BCUT2D eigenvalue weighted by Crippen LogP contribution is 2.18. The topological polar surface area (TPSA) is 53.9 Å². The third-order valence-electron chi connectivity index (χ3n) is 4.17. The molecule has 0 unspecified atom stereocenters. The largest absolute Gasteiger partial charge is 0.347 e. The third kappa shape index (κ3) is 4.86. The second kappa shape index (κ2) is 8.54. The zero-order valence-electron chi connectivity index (χ0n) is 15.6. The number of aromatic nitrogens is 3. The number of pyridine rings is 1. The molecular formula is C21H25N5. The van der Waals surface area contributed by atoms with Crippen LogP contribution in [-0.2, 0) is 13.0 Å². The lowest BCUT2D eigenvalue weighted by Crippen LogP contribution is -2.24. The minimum atomic E-state index is 0.171. The van der Waals surface area contributed by atoms with Crippen molar-refractivity contribution < 1.29 is 0 Å². The minimum Gasteiger partial charge on any atom is -0.347 e. The molecule has 0 aliphatic heterocycles. The molecule has 0 fully saturated rings. The number of anilines is 1. The molecule has 26 heavy (non-hydrogen) atoms. The van der Waals surface area contributed by atoms with Crippen molar-refractivity contribution in [1.29, 1.82) is 0 Å². The molecule has 0 amide bonds. The Bertz CT molecular complexity index is 818. The molecule has 0 saturated carbocycles. The van der Waals surface area contributed by atoms with E-state index in [-0.39, 0.29) is 6.04 Å². The van der Waals surface area contributed by atoms with Crippen molar-refractivity contribution in [1.82, 2.24) is 20.3 Å². The van der Waals surface area contributed by atoms with Crippen LogP contribution in [-0.4, -0.2) is 29.0 Å². The van der Waals surface area contributed by atoms with Gasteiger partial charge in [-0.1, -0.05) is 36.4 Å². The Morgan fingerprint density at radius 3 is 2.42 bits per heavy atom. The van der Waals surface area contributed by atoms with Crippen LogP contribution in [0.5, 0.6) is 0 Å². The van der Waals surface area contributed by atoms with Gasteiger partial charge < -0.3 is 10.2 Å². The molecule has 0 aliphatic carbocycles. The standard InChI is InChI=1S/C21H25N5/c1-16-13-19(25-21(24-16)26(2)3)15-23-20(17-9-5-4-6-10-17)14-18-11-7-8-12-22-18/h4-13,20,23H,14-15H2,1-3H3/t20-/m0/s1. The number of aryl methyl sites for hydroxylation is 1. The smallest absolute Gasteiger partial charge is 0.225 e. The fourth-order valence-corrected chi connectivity index (χ4v) is 2.86. The van der Waals surface area contributed by atoms with E-state index in [1.165, 1.54) is 5.56 Å². The van der Waals surface area contributed by atoms with Gasteiger partial charge in [-0.2, -0.15) is 0 Å². The second-order valence-electron chi connectivity index (χ2n) is 6.56. The quantitative estimate of drug-likeness (QED) is 0.710. The van der Waals surface area contributed by atoms with Crippen LogP contribution in [0.25, 0.3) is 0 Å². The molecule has 3 aromatic rings. The molecule has 3 rings (SSSR count). The Balaban J connectivity index is 1.78. The SMILES string of the molecule is Cc1cc(CN[C@@H](Cc2ccccn2)c2ccccc2)nc(N(C)C)n1. The van der Waals surface area contributed by atoms with Gasteiger partial charge in [-0.05, 0) is 30.7 Å². The van der Waals surface area contributed by atoms with E-state index in [2.05, 4.69) is 50.6 Å². The molecule has 2 aromatic heterocycles. The Morgan fingerprint density at radius 1 is 0.962 bits per heavy atom. The van der Waals surface area contributed by atoms with Crippen LogP contribution in [0.1, 0.15) is 28.7 Å². The van der Waals surface area contributed by atoms with E-state index in [1.54, 1.807) is 0 Å². The summed E-state index contributed by atoms with van der Waals surface area (Å²) in [6.45, 7) is 2.68. The Labute approximate surface area is 155 Å². The summed E-state index contributed by atoms with van der Waals surface area (Å²) in [5.74, 6) is 0.739. The molecule has 0 spiro atoms. The van der Waals surface area contributed by atoms with Gasteiger partial charge in [0, 0.05) is 50.7 Å². The molecule has 0 saturated heterocycles. The maximum atomic E-state index is 4.64. The molecule has 134 valence electrons. The molecule has 0 radical (unpaired) electrons. The Kier molecular flexibility index (Phi) is 5.92. The Hall–Kier alpha value is -2.79. The van der Waals surface area contributed by atoms with Crippen LogP contribution < -0.4 is 10.2 Å². The Morgan fingerprint density at radius 2 is 1.73 bits per heavy atom. The molecule has 5 heteroatoms. The van der Waals surface area contributed by atoms with Crippen LogP contribution in [0.3, 0.4) is 0 Å². The van der Waals surface area contributed by atoms with E-state index in [0.717, 1.165) is 29.5 Å². The summed E-state index contributed by atoms with van der Waals surface area (Å²) in [5, 5.41) is 3.65. The van der Waals surface area contributed by atoms with Crippen molar-refractivity contribution in [2.45, 2.75) is 25.9 Å².